The van der Waals surface area contributed by atoms with Gasteiger partial charge in [0.25, 0.3) is 0 Å². The minimum atomic E-state index is 0.180. The molecule has 0 amide bonds. The van der Waals surface area contributed by atoms with Crippen molar-refractivity contribution in [2.45, 2.75) is 51.5 Å². The summed E-state index contributed by atoms with van der Waals surface area (Å²) in [6.45, 7) is 8.82. The van der Waals surface area contributed by atoms with Gasteiger partial charge < -0.3 is 10.6 Å². The van der Waals surface area contributed by atoms with Crippen molar-refractivity contribution in [1.29, 1.82) is 0 Å². The van der Waals surface area contributed by atoms with Gasteiger partial charge in [-0.15, -0.1) is 0 Å². The van der Waals surface area contributed by atoms with Crippen LogP contribution in [0.1, 0.15) is 45.6 Å². The van der Waals surface area contributed by atoms with Gasteiger partial charge in [0.15, 0.2) is 0 Å². The molecular weight excluding hydrogens is 222 g/mol. The van der Waals surface area contributed by atoms with E-state index in [0.717, 1.165) is 12.4 Å². The Kier molecular flexibility index (Phi) is 4.23. The molecular formula is C15H25N3. The van der Waals surface area contributed by atoms with E-state index in [9.17, 15) is 0 Å². The van der Waals surface area contributed by atoms with E-state index in [-0.39, 0.29) is 5.41 Å². The summed E-state index contributed by atoms with van der Waals surface area (Å²) in [5.41, 5.74) is 1.46. The Morgan fingerprint density at radius 3 is 2.78 bits per heavy atom. The predicted molar refractivity (Wildman–Crippen MR) is 77.1 cm³/mol. The quantitative estimate of drug-likeness (QED) is 0.859. The average Bonchev–Trinajstić information content (AvgIpc) is 2.82. The van der Waals surface area contributed by atoms with Crippen molar-refractivity contribution in [1.82, 2.24) is 10.3 Å². The second kappa shape index (κ2) is 5.70. The molecule has 1 atom stereocenters. The third-order valence-electron chi connectivity index (χ3n) is 3.59. The molecule has 0 bridgehead atoms. The minimum absolute atomic E-state index is 0.180. The number of aromatic nitrogens is 1. The van der Waals surface area contributed by atoms with Crippen LogP contribution in [0.3, 0.4) is 0 Å². The van der Waals surface area contributed by atoms with Gasteiger partial charge >= 0.3 is 0 Å². The molecule has 2 N–H and O–H groups in total. The van der Waals surface area contributed by atoms with Crippen LogP contribution in [-0.4, -0.2) is 24.1 Å². The first kappa shape index (κ1) is 13.3. The number of pyridine rings is 1. The fraction of sp³-hybridized carbons (Fsp3) is 0.667. The summed E-state index contributed by atoms with van der Waals surface area (Å²) >= 11 is 0. The van der Waals surface area contributed by atoms with Crippen LogP contribution < -0.4 is 10.6 Å². The Hall–Kier alpha value is -1.09. The van der Waals surface area contributed by atoms with Crippen molar-refractivity contribution in [3.8, 4) is 0 Å². The molecule has 1 saturated heterocycles. The molecule has 0 aliphatic carbocycles. The number of hydrogen-bond acceptors (Lipinski definition) is 3. The monoisotopic (exact) mass is 247 g/mol. The number of nitrogens with zero attached hydrogens (tertiary/aromatic N) is 1. The fourth-order valence-electron chi connectivity index (χ4n) is 2.32. The Labute approximate surface area is 110 Å². The Morgan fingerprint density at radius 2 is 2.22 bits per heavy atom. The molecule has 3 heteroatoms. The summed E-state index contributed by atoms with van der Waals surface area (Å²) in [5, 5.41) is 6.91. The van der Waals surface area contributed by atoms with E-state index >= 15 is 0 Å². The van der Waals surface area contributed by atoms with E-state index in [4.69, 9.17) is 0 Å². The van der Waals surface area contributed by atoms with Crippen LogP contribution in [0.2, 0.25) is 0 Å². The van der Waals surface area contributed by atoms with E-state index in [0.29, 0.717) is 6.04 Å². The largest absolute Gasteiger partial charge is 0.370 e. The zero-order valence-electron chi connectivity index (χ0n) is 11.8. The highest BCUT2D eigenvalue weighted by molar-refractivity contribution is 5.37. The molecule has 18 heavy (non-hydrogen) atoms. The summed E-state index contributed by atoms with van der Waals surface area (Å²) in [4.78, 5) is 4.48. The highest BCUT2D eigenvalue weighted by atomic mass is 15.0. The van der Waals surface area contributed by atoms with Crippen LogP contribution in [0.15, 0.2) is 18.3 Å². The van der Waals surface area contributed by atoms with Gasteiger partial charge in [-0.3, -0.25) is 0 Å². The van der Waals surface area contributed by atoms with E-state index in [1.807, 2.05) is 6.20 Å². The van der Waals surface area contributed by atoms with Gasteiger partial charge in [-0.05, 0) is 42.9 Å². The van der Waals surface area contributed by atoms with E-state index in [1.54, 1.807) is 0 Å². The fourth-order valence-corrected chi connectivity index (χ4v) is 2.32. The average molecular weight is 247 g/mol. The molecule has 2 rings (SSSR count). The van der Waals surface area contributed by atoms with Gasteiger partial charge in [-0.2, -0.15) is 0 Å². The third-order valence-corrected chi connectivity index (χ3v) is 3.59. The van der Waals surface area contributed by atoms with Crippen LogP contribution in [-0.2, 0) is 5.41 Å². The molecule has 0 radical (unpaired) electrons. The Bertz CT molecular complexity index is 358. The van der Waals surface area contributed by atoms with Gasteiger partial charge in [0, 0.05) is 18.8 Å². The van der Waals surface area contributed by atoms with Crippen LogP contribution in [0, 0.1) is 0 Å². The van der Waals surface area contributed by atoms with Crippen LogP contribution >= 0.6 is 0 Å². The SMILES string of the molecule is CC(C)(C)c1ccc(NCC[C@@H]2CCCN2)nc1. The topological polar surface area (TPSA) is 37.0 Å². The Morgan fingerprint density at radius 1 is 1.39 bits per heavy atom. The van der Waals surface area contributed by atoms with Crippen LogP contribution in [0.4, 0.5) is 5.82 Å². The second-order valence-corrected chi connectivity index (χ2v) is 6.19. The van der Waals surface area contributed by atoms with Crippen molar-refractivity contribution >= 4 is 5.82 Å². The standard InChI is InChI=1S/C15H25N3/c1-15(2,3)12-6-7-14(18-11-12)17-10-8-13-5-4-9-16-13/h6-7,11,13,16H,4-5,8-10H2,1-3H3,(H,17,18)/t13-/m0/s1. The van der Waals surface area contributed by atoms with Crippen LogP contribution in [0.25, 0.3) is 0 Å². The van der Waals surface area contributed by atoms with Gasteiger partial charge in [-0.25, -0.2) is 4.98 Å². The molecule has 0 aromatic carbocycles. The number of hydrogen-bond donors (Lipinski definition) is 2. The molecule has 1 aliphatic heterocycles. The van der Waals surface area contributed by atoms with Crippen molar-refractivity contribution in [3.05, 3.63) is 23.9 Å². The lowest BCUT2D eigenvalue weighted by Crippen LogP contribution is -2.24. The number of nitrogens with one attached hydrogen (secondary N) is 2. The van der Waals surface area contributed by atoms with E-state index < -0.39 is 0 Å². The van der Waals surface area contributed by atoms with Gasteiger partial charge in [-0.1, -0.05) is 26.8 Å². The summed E-state index contributed by atoms with van der Waals surface area (Å²) in [6, 6.07) is 4.96. The maximum atomic E-state index is 4.48. The first-order valence-electron chi connectivity index (χ1n) is 6.99. The van der Waals surface area contributed by atoms with Crippen LogP contribution in [0.5, 0.6) is 0 Å². The maximum absolute atomic E-state index is 4.48. The molecule has 1 aromatic rings. The molecule has 0 unspecified atom stereocenters. The smallest absolute Gasteiger partial charge is 0.125 e. The zero-order valence-corrected chi connectivity index (χ0v) is 11.8. The van der Waals surface area contributed by atoms with Gasteiger partial charge in [0.2, 0.25) is 0 Å². The van der Waals surface area contributed by atoms with Gasteiger partial charge in [0.05, 0.1) is 0 Å². The zero-order chi connectivity index (χ0) is 13.0. The molecule has 100 valence electrons. The predicted octanol–water partition coefficient (Wildman–Crippen LogP) is 2.93. The van der Waals surface area contributed by atoms with Crippen molar-refractivity contribution < 1.29 is 0 Å². The molecule has 0 saturated carbocycles. The summed E-state index contributed by atoms with van der Waals surface area (Å²) < 4.78 is 0. The third kappa shape index (κ3) is 3.70. The minimum Gasteiger partial charge on any atom is -0.370 e. The molecule has 0 spiro atoms. The Balaban J connectivity index is 1.79. The second-order valence-electron chi connectivity index (χ2n) is 6.19. The van der Waals surface area contributed by atoms with Crippen molar-refractivity contribution in [2.24, 2.45) is 0 Å². The normalized spacial score (nSPS) is 20.1. The summed E-state index contributed by atoms with van der Waals surface area (Å²) in [5.74, 6) is 0.987. The number of rotatable bonds is 4. The highest BCUT2D eigenvalue weighted by Crippen LogP contribution is 2.21. The highest BCUT2D eigenvalue weighted by Gasteiger charge is 2.14. The first-order chi connectivity index (χ1) is 8.55. The van der Waals surface area contributed by atoms with E-state index in [1.165, 1.54) is 31.4 Å². The molecule has 2 heterocycles. The molecule has 3 nitrogen and oxygen atoms in total. The first-order valence-corrected chi connectivity index (χ1v) is 6.99. The number of anilines is 1. The molecule has 1 aliphatic rings. The lowest BCUT2D eigenvalue weighted by Gasteiger charge is -2.18. The lowest BCUT2D eigenvalue weighted by molar-refractivity contribution is 0.573. The lowest BCUT2D eigenvalue weighted by atomic mass is 9.88. The molecule has 1 aromatic heterocycles. The van der Waals surface area contributed by atoms with Gasteiger partial charge in [0.1, 0.15) is 5.82 Å². The summed E-state index contributed by atoms with van der Waals surface area (Å²) in [6.07, 6.45) is 5.81. The van der Waals surface area contributed by atoms with Crippen molar-refractivity contribution in [3.63, 3.8) is 0 Å². The van der Waals surface area contributed by atoms with E-state index in [2.05, 4.69) is 48.5 Å². The maximum Gasteiger partial charge on any atom is 0.125 e. The summed E-state index contributed by atoms with van der Waals surface area (Å²) in [7, 11) is 0. The van der Waals surface area contributed by atoms with Crippen molar-refractivity contribution in [2.75, 3.05) is 18.4 Å². The molecule has 1 fully saturated rings.